The first kappa shape index (κ1) is 21.0. The molecule has 2 rings (SSSR count). The van der Waals surface area contributed by atoms with E-state index in [1.165, 1.54) is 12.0 Å². The topological polar surface area (TPSA) is 39.7 Å². The van der Waals surface area contributed by atoms with Gasteiger partial charge in [0.05, 0.1) is 19.8 Å². The fourth-order valence-corrected chi connectivity index (χ4v) is 4.17. The molecule has 4 heteroatoms. The third-order valence-corrected chi connectivity index (χ3v) is 6.33. The average molecular weight is 364 g/mol. The SMILES string of the molecule is CCC1(C)CC(CCNCc2ccc(OC)c(OC)c2)(C(C)C)CCO1. The summed E-state index contributed by atoms with van der Waals surface area (Å²) in [5.41, 5.74) is 1.62. The first-order valence-corrected chi connectivity index (χ1v) is 9.93. The Morgan fingerprint density at radius 2 is 1.92 bits per heavy atom. The van der Waals surface area contributed by atoms with Crippen LogP contribution in [0.3, 0.4) is 0 Å². The van der Waals surface area contributed by atoms with E-state index < -0.39 is 0 Å². The molecule has 0 aliphatic carbocycles. The standard InChI is InChI=1S/C22H37NO3/c1-7-21(4)16-22(17(2)3,11-13-26-21)10-12-23-15-18-8-9-19(24-5)20(14-18)25-6/h8-9,14,17,23H,7,10-13,15-16H2,1-6H3. The van der Waals surface area contributed by atoms with Crippen LogP contribution < -0.4 is 14.8 Å². The van der Waals surface area contributed by atoms with E-state index in [9.17, 15) is 0 Å². The summed E-state index contributed by atoms with van der Waals surface area (Å²) in [6, 6.07) is 6.11. The maximum absolute atomic E-state index is 6.10. The van der Waals surface area contributed by atoms with Gasteiger partial charge in [-0.15, -0.1) is 0 Å². The molecule has 0 amide bonds. The number of nitrogens with one attached hydrogen (secondary N) is 1. The minimum Gasteiger partial charge on any atom is -0.493 e. The summed E-state index contributed by atoms with van der Waals surface area (Å²) >= 11 is 0. The van der Waals surface area contributed by atoms with Crippen LogP contribution in [-0.4, -0.2) is 33.0 Å². The van der Waals surface area contributed by atoms with Crippen LogP contribution in [0.2, 0.25) is 0 Å². The summed E-state index contributed by atoms with van der Waals surface area (Å²) in [7, 11) is 3.34. The lowest BCUT2D eigenvalue weighted by Crippen LogP contribution is -2.46. The Bertz CT molecular complexity index is 575. The minimum absolute atomic E-state index is 0.0336. The van der Waals surface area contributed by atoms with Crippen LogP contribution in [0, 0.1) is 11.3 Å². The molecule has 0 spiro atoms. The van der Waals surface area contributed by atoms with Crippen LogP contribution in [0.1, 0.15) is 58.9 Å². The van der Waals surface area contributed by atoms with Crippen LogP contribution in [0.4, 0.5) is 0 Å². The Morgan fingerprint density at radius 1 is 1.19 bits per heavy atom. The third kappa shape index (κ3) is 4.92. The Labute approximate surface area is 159 Å². The predicted octanol–water partition coefficient (Wildman–Crippen LogP) is 4.81. The summed E-state index contributed by atoms with van der Waals surface area (Å²) in [6.07, 6.45) is 4.60. The molecule has 0 radical (unpaired) electrons. The molecule has 1 aliphatic rings. The Balaban J connectivity index is 1.92. The number of methoxy groups -OCH3 is 2. The molecule has 2 unspecified atom stereocenters. The molecule has 1 heterocycles. The van der Waals surface area contributed by atoms with Gasteiger partial charge in [-0.25, -0.2) is 0 Å². The van der Waals surface area contributed by atoms with Crippen LogP contribution in [0.5, 0.6) is 11.5 Å². The second-order valence-corrected chi connectivity index (χ2v) is 8.21. The minimum atomic E-state index is 0.0336. The Hall–Kier alpha value is -1.26. The molecule has 2 atom stereocenters. The molecule has 1 saturated heterocycles. The van der Waals surface area contributed by atoms with Gasteiger partial charge in [0.15, 0.2) is 11.5 Å². The fraction of sp³-hybridized carbons (Fsp3) is 0.727. The van der Waals surface area contributed by atoms with E-state index in [1.54, 1.807) is 14.2 Å². The van der Waals surface area contributed by atoms with Gasteiger partial charge >= 0.3 is 0 Å². The molecule has 0 saturated carbocycles. The van der Waals surface area contributed by atoms with Gasteiger partial charge < -0.3 is 19.5 Å². The summed E-state index contributed by atoms with van der Waals surface area (Å²) in [4.78, 5) is 0. The van der Waals surface area contributed by atoms with Crippen molar-refractivity contribution in [3.63, 3.8) is 0 Å². The van der Waals surface area contributed by atoms with Crippen molar-refractivity contribution in [2.24, 2.45) is 11.3 Å². The lowest BCUT2D eigenvalue weighted by Gasteiger charge is -2.49. The van der Waals surface area contributed by atoms with E-state index in [-0.39, 0.29) is 5.60 Å². The van der Waals surface area contributed by atoms with Crippen molar-refractivity contribution in [2.45, 2.75) is 65.5 Å². The van der Waals surface area contributed by atoms with E-state index in [0.29, 0.717) is 11.3 Å². The van der Waals surface area contributed by atoms with Crippen molar-refractivity contribution in [2.75, 3.05) is 27.4 Å². The van der Waals surface area contributed by atoms with Crippen molar-refractivity contribution in [3.05, 3.63) is 23.8 Å². The maximum Gasteiger partial charge on any atom is 0.161 e. The first-order valence-electron chi connectivity index (χ1n) is 9.93. The zero-order valence-electron chi connectivity index (χ0n) is 17.5. The summed E-state index contributed by atoms with van der Waals surface area (Å²) in [5, 5.41) is 3.63. The van der Waals surface area contributed by atoms with Gasteiger partial charge in [-0.2, -0.15) is 0 Å². The second-order valence-electron chi connectivity index (χ2n) is 8.21. The molecule has 1 aromatic rings. The molecular weight excluding hydrogens is 326 g/mol. The first-order chi connectivity index (χ1) is 12.4. The van der Waals surface area contributed by atoms with Crippen molar-refractivity contribution >= 4 is 0 Å². The zero-order valence-corrected chi connectivity index (χ0v) is 17.5. The predicted molar refractivity (Wildman–Crippen MR) is 107 cm³/mol. The van der Waals surface area contributed by atoms with Crippen molar-refractivity contribution in [3.8, 4) is 11.5 Å². The average Bonchev–Trinajstić information content (AvgIpc) is 2.65. The molecular formula is C22H37NO3. The Morgan fingerprint density at radius 3 is 2.54 bits per heavy atom. The molecule has 1 aliphatic heterocycles. The molecule has 0 aromatic heterocycles. The Kier molecular flexibility index (Phi) is 7.36. The van der Waals surface area contributed by atoms with Gasteiger partial charge in [-0.05, 0) is 68.2 Å². The lowest BCUT2D eigenvalue weighted by molar-refractivity contribution is -0.132. The molecule has 1 fully saturated rings. The maximum atomic E-state index is 6.10. The highest BCUT2D eigenvalue weighted by Gasteiger charge is 2.43. The highest BCUT2D eigenvalue weighted by Crippen LogP contribution is 2.47. The van der Waals surface area contributed by atoms with E-state index >= 15 is 0 Å². The van der Waals surface area contributed by atoms with E-state index in [4.69, 9.17) is 14.2 Å². The quantitative estimate of drug-likeness (QED) is 0.640. The largest absolute Gasteiger partial charge is 0.493 e. The van der Waals surface area contributed by atoms with Crippen LogP contribution in [-0.2, 0) is 11.3 Å². The monoisotopic (exact) mass is 363 g/mol. The van der Waals surface area contributed by atoms with E-state index in [2.05, 4.69) is 39.1 Å². The van der Waals surface area contributed by atoms with Gasteiger partial charge in [0.2, 0.25) is 0 Å². The zero-order chi connectivity index (χ0) is 19.2. The van der Waals surface area contributed by atoms with Gasteiger partial charge in [0, 0.05) is 13.2 Å². The number of rotatable bonds is 9. The molecule has 0 bridgehead atoms. The van der Waals surface area contributed by atoms with Crippen LogP contribution >= 0.6 is 0 Å². The van der Waals surface area contributed by atoms with Crippen LogP contribution in [0.25, 0.3) is 0 Å². The number of ether oxygens (including phenoxy) is 3. The molecule has 26 heavy (non-hydrogen) atoms. The summed E-state index contributed by atoms with van der Waals surface area (Å²) in [6.45, 7) is 12.0. The number of benzene rings is 1. The molecule has 1 N–H and O–H groups in total. The third-order valence-electron chi connectivity index (χ3n) is 6.33. The second kappa shape index (κ2) is 9.09. The van der Waals surface area contributed by atoms with E-state index in [1.807, 2.05) is 12.1 Å². The number of hydrogen-bond donors (Lipinski definition) is 1. The highest BCUT2D eigenvalue weighted by atomic mass is 16.5. The smallest absolute Gasteiger partial charge is 0.161 e. The van der Waals surface area contributed by atoms with Crippen LogP contribution in [0.15, 0.2) is 18.2 Å². The van der Waals surface area contributed by atoms with Crippen molar-refractivity contribution < 1.29 is 14.2 Å². The molecule has 4 nitrogen and oxygen atoms in total. The van der Waals surface area contributed by atoms with Gasteiger partial charge in [0.1, 0.15) is 0 Å². The summed E-state index contributed by atoms with van der Waals surface area (Å²) in [5.74, 6) is 2.23. The lowest BCUT2D eigenvalue weighted by atomic mass is 9.64. The normalized spacial score (nSPS) is 26.1. The van der Waals surface area contributed by atoms with E-state index in [0.717, 1.165) is 50.5 Å². The fourth-order valence-electron chi connectivity index (χ4n) is 4.17. The summed E-state index contributed by atoms with van der Waals surface area (Å²) < 4.78 is 16.8. The van der Waals surface area contributed by atoms with Crippen molar-refractivity contribution in [1.82, 2.24) is 5.32 Å². The highest BCUT2D eigenvalue weighted by molar-refractivity contribution is 5.42. The van der Waals surface area contributed by atoms with Gasteiger partial charge in [-0.1, -0.05) is 26.8 Å². The van der Waals surface area contributed by atoms with Crippen molar-refractivity contribution in [1.29, 1.82) is 0 Å². The van der Waals surface area contributed by atoms with Gasteiger partial charge in [-0.3, -0.25) is 0 Å². The number of hydrogen-bond acceptors (Lipinski definition) is 4. The molecule has 1 aromatic carbocycles. The van der Waals surface area contributed by atoms with Gasteiger partial charge in [0.25, 0.3) is 0 Å². The molecule has 148 valence electrons.